The van der Waals surface area contributed by atoms with Gasteiger partial charge in [0.1, 0.15) is 13.9 Å². The number of rotatable bonds is 7. The summed E-state index contributed by atoms with van der Waals surface area (Å²) in [5.41, 5.74) is 9.81. The number of anilines is 7. The fourth-order valence-corrected chi connectivity index (χ4v) is 17.0. The number of pyridine rings is 1. The van der Waals surface area contributed by atoms with Gasteiger partial charge in [-0.25, -0.2) is 4.98 Å². The van der Waals surface area contributed by atoms with E-state index < -0.39 is 68.5 Å². The second-order valence-electron chi connectivity index (χ2n) is 23.4. The first-order valence-electron chi connectivity index (χ1n) is 31.5. The number of ether oxygens (including phenoxy) is 1. The van der Waals surface area contributed by atoms with Crippen LogP contribution in [0.4, 0.5) is 39.9 Å². The summed E-state index contributed by atoms with van der Waals surface area (Å²) in [6.45, 7) is 22.0. The third kappa shape index (κ3) is 8.76. The third-order valence-corrected chi connectivity index (χ3v) is 20.4. The van der Waals surface area contributed by atoms with Crippen LogP contribution >= 0.6 is 0 Å². The van der Waals surface area contributed by atoms with Crippen LogP contribution in [0.2, 0.25) is 0 Å². The van der Waals surface area contributed by atoms with Gasteiger partial charge in [0.2, 0.25) is 0 Å². The second kappa shape index (κ2) is 19.5. The van der Waals surface area contributed by atoms with Gasteiger partial charge in [0.15, 0.2) is 0 Å². The molecule has 4 heterocycles. The Bertz CT molecular complexity index is 4380. The molecule has 7 heteroatoms. The molecular formula is C72H63N4OPtSi-3. The zero-order chi connectivity index (χ0) is 62.4. The van der Waals surface area contributed by atoms with Gasteiger partial charge < -0.3 is 19.4 Å². The minimum Gasteiger partial charge on any atom is -0.509 e. The molecule has 0 N–H and O–H groups in total. The molecule has 3 aliphatic heterocycles. The van der Waals surface area contributed by atoms with Crippen LogP contribution in [0.1, 0.15) is 92.7 Å². The van der Waals surface area contributed by atoms with Gasteiger partial charge in [-0.1, -0.05) is 213 Å². The van der Waals surface area contributed by atoms with Crippen molar-refractivity contribution in [2.24, 2.45) is 0 Å². The summed E-state index contributed by atoms with van der Waals surface area (Å²) in [5.74, 6) is 1.58. The summed E-state index contributed by atoms with van der Waals surface area (Å²) in [6, 6.07) is 51.8. The predicted octanol–water partition coefficient (Wildman–Crippen LogP) is 16.2. The molecule has 0 bridgehead atoms. The first-order chi connectivity index (χ1) is 41.7. The summed E-state index contributed by atoms with van der Waals surface area (Å²) in [5, 5.41) is 5.05. The van der Waals surface area contributed by atoms with E-state index in [0.717, 1.165) is 27.9 Å². The molecule has 0 fully saturated rings. The average Bonchev–Trinajstić information content (AvgIpc) is 1.58. The van der Waals surface area contributed by atoms with E-state index in [1.54, 1.807) is 29.8 Å². The molecule has 0 aliphatic carbocycles. The van der Waals surface area contributed by atoms with Crippen molar-refractivity contribution in [2.45, 2.75) is 78.6 Å². The molecule has 1 aromatic heterocycles. The van der Waals surface area contributed by atoms with Crippen LogP contribution in [0.15, 0.2) is 212 Å². The molecule has 1 spiro atoms. The van der Waals surface area contributed by atoms with Crippen molar-refractivity contribution in [3.05, 3.63) is 248 Å². The Kier molecular flexibility index (Phi) is 10.2. The van der Waals surface area contributed by atoms with Crippen LogP contribution in [0.3, 0.4) is 0 Å². The van der Waals surface area contributed by atoms with Gasteiger partial charge in [0.05, 0.1) is 13.7 Å². The summed E-state index contributed by atoms with van der Waals surface area (Å²) in [7, 11) is -3.16. The summed E-state index contributed by atoms with van der Waals surface area (Å²) >= 11 is 0. The van der Waals surface area contributed by atoms with Crippen LogP contribution in [-0.4, -0.2) is 13.1 Å². The van der Waals surface area contributed by atoms with Crippen LogP contribution in [0, 0.1) is 18.8 Å². The summed E-state index contributed by atoms with van der Waals surface area (Å²) < 4.78 is 95.3. The Morgan fingerprint density at radius 2 is 1.00 bits per heavy atom. The molecule has 0 unspecified atom stereocenters. The molecule has 79 heavy (non-hydrogen) atoms. The van der Waals surface area contributed by atoms with Crippen LogP contribution in [0.5, 0.6) is 11.5 Å². The van der Waals surface area contributed by atoms with Crippen molar-refractivity contribution in [1.29, 1.82) is 0 Å². The fraction of sp³-hybridized carbons (Fsp3) is 0.167. The van der Waals surface area contributed by atoms with E-state index >= 15 is 0 Å². The number of hydrogen-bond donors (Lipinski definition) is 0. The maximum absolute atomic E-state index is 9.16. The number of aromatic nitrogens is 1. The number of para-hydroxylation sites is 4. The normalized spacial score (nSPS) is 15.8. The Labute approximate surface area is 496 Å². The monoisotopic (exact) mass is 1230 g/mol. The topological polar surface area (TPSA) is 31.8 Å². The van der Waals surface area contributed by atoms with Gasteiger partial charge >= 0.3 is 0 Å². The summed E-state index contributed by atoms with van der Waals surface area (Å²) in [6.07, 6.45) is 1.89. The van der Waals surface area contributed by atoms with E-state index in [1.165, 1.54) is 37.8 Å². The molecule has 13 rings (SSSR count). The molecule has 394 valence electrons. The van der Waals surface area contributed by atoms with Crippen molar-refractivity contribution >= 4 is 68.8 Å². The minimum absolute atomic E-state index is 0. The quantitative estimate of drug-likeness (QED) is 0.117. The average molecular weight is 1230 g/mol. The molecule has 5 nitrogen and oxygen atoms in total. The smallest absolute Gasteiger partial charge is 0.135 e. The standard InChI is InChI=1S/C72H63N4OSi.Pt/c1-70(2,3)50-34-37-64-58(42-50)59-43-51(71(4,5)6)35-38-65(59)78(64)66-33-19-18-32-62(66)76(68-44-52(40-41-73-68)72(7,8)9)63-46-55(36-39-67(63)78)77-54-27-20-26-53(45-54)74-47-75(61-31-17-16-30-60(61)74)69-56(48-22-12-10-13-23-48)28-21-29-57(69)49-24-14-11-15-25-49;/h10-44,47H,1-9H3;/q-3;/i10D,11D,12D,13D,14D,15D,22D,23D,24D,25D;. The van der Waals surface area contributed by atoms with Gasteiger partial charge in [-0.2, -0.15) is 12.1 Å². The number of benzene rings is 9. The number of hydrogen-bond acceptors (Lipinski definition) is 5. The Morgan fingerprint density at radius 1 is 0.481 bits per heavy atom. The molecule has 0 atom stereocenters. The van der Waals surface area contributed by atoms with Crippen LogP contribution in [-0.2, 0) is 37.3 Å². The van der Waals surface area contributed by atoms with E-state index in [1.807, 2.05) is 59.6 Å². The van der Waals surface area contributed by atoms with Crippen molar-refractivity contribution in [3.8, 4) is 44.9 Å². The molecule has 10 aromatic rings. The first kappa shape index (κ1) is 41.3. The van der Waals surface area contributed by atoms with Crippen molar-refractivity contribution in [1.82, 2.24) is 4.98 Å². The van der Waals surface area contributed by atoms with E-state index in [0.29, 0.717) is 28.6 Å². The molecule has 0 radical (unpaired) electrons. The van der Waals surface area contributed by atoms with Gasteiger partial charge in [0, 0.05) is 72.6 Å². The van der Waals surface area contributed by atoms with E-state index in [9.17, 15) is 0 Å². The van der Waals surface area contributed by atoms with E-state index in [-0.39, 0.29) is 65.3 Å². The van der Waals surface area contributed by atoms with Gasteiger partial charge in [-0.3, -0.25) is 0 Å². The maximum atomic E-state index is 9.16. The van der Waals surface area contributed by atoms with Crippen molar-refractivity contribution < 1.29 is 39.5 Å². The zero-order valence-electron chi connectivity index (χ0n) is 55.5. The molecule has 3 aliphatic rings. The minimum atomic E-state index is -3.16. The fourth-order valence-electron chi connectivity index (χ4n) is 11.6. The molecular weight excluding hydrogens is 1160 g/mol. The van der Waals surface area contributed by atoms with E-state index in [2.05, 4.69) is 158 Å². The Morgan fingerprint density at radius 3 is 1.59 bits per heavy atom. The molecule has 0 saturated carbocycles. The van der Waals surface area contributed by atoms with Crippen molar-refractivity contribution in [3.63, 3.8) is 0 Å². The van der Waals surface area contributed by atoms with Crippen LogP contribution in [0.25, 0.3) is 33.4 Å². The van der Waals surface area contributed by atoms with Crippen LogP contribution < -0.4 is 40.2 Å². The molecule has 9 aromatic carbocycles. The van der Waals surface area contributed by atoms with Gasteiger partial charge in [0.25, 0.3) is 0 Å². The number of nitrogens with zero attached hydrogens (tertiary/aromatic N) is 4. The maximum Gasteiger partial charge on any atom is 0.135 e. The van der Waals surface area contributed by atoms with E-state index in [4.69, 9.17) is 23.4 Å². The third-order valence-electron chi connectivity index (χ3n) is 15.5. The Hall–Kier alpha value is -7.76. The molecule has 0 saturated heterocycles. The predicted molar refractivity (Wildman–Crippen MR) is 328 cm³/mol. The largest absolute Gasteiger partial charge is 0.509 e. The summed E-state index contributed by atoms with van der Waals surface area (Å²) in [4.78, 5) is 11.0. The second-order valence-corrected chi connectivity index (χ2v) is 27.1. The van der Waals surface area contributed by atoms with Gasteiger partial charge in [-0.05, 0) is 101 Å². The van der Waals surface area contributed by atoms with Crippen molar-refractivity contribution in [2.75, 3.05) is 14.7 Å². The van der Waals surface area contributed by atoms with Gasteiger partial charge in [-0.15, -0.1) is 47.9 Å². The SMILES string of the molecule is [2H]c1c([2H])c([2H])c(-c2cccc(-c3c([2H])c([2H])c([2H])c([2H])c3[2H])c2N2[CH-]N(c3[c-]c(Oc4[c-]c5c(cc4)[Si]4(c6ccc(C(C)(C)C)cc6-c6cc(C(C)(C)C)ccc64)c4ccccc4N5c4cc(C(C)(C)C)ccn4)ccc3)c3ccccc32)c([2H])c1[2H].[Pt]. The Balaban J connectivity index is 0.00000769. The first-order valence-corrected chi connectivity index (χ1v) is 28.5. The molecule has 0 amide bonds. The number of fused-ring (bicyclic) bond motifs is 10. The zero-order valence-corrected chi connectivity index (χ0v) is 48.8.